The molecule has 2 atom stereocenters. The van der Waals surface area contributed by atoms with E-state index in [0.717, 1.165) is 32.4 Å². The van der Waals surface area contributed by atoms with Crippen LogP contribution in [0.25, 0.3) is 0 Å². The molecule has 98 valence electrons. The molecule has 0 unspecified atom stereocenters. The van der Waals surface area contributed by atoms with E-state index in [0.29, 0.717) is 5.92 Å². The molecule has 1 aromatic rings. The Morgan fingerprint density at radius 2 is 2.00 bits per heavy atom. The number of hydrogen-bond donors (Lipinski definition) is 1. The van der Waals surface area contributed by atoms with Crippen LogP contribution in [0.15, 0.2) is 30.3 Å². The smallest absolute Gasteiger partial charge is 0.239 e. The molecule has 1 amide bonds. The van der Waals surface area contributed by atoms with Crippen LogP contribution in [0.1, 0.15) is 37.7 Å². The molecule has 0 aliphatic carbocycles. The Kier molecular flexibility index (Phi) is 4.37. The lowest BCUT2D eigenvalue weighted by atomic mass is 9.94. The fourth-order valence-corrected chi connectivity index (χ4v) is 2.65. The first-order valence-electron chi connectivity index (χ1n) is 6.81. The standard InChI is InChI=1S/C15H22N2O/c1-2-10-17-11-13(8-9-14(16)15(17)18)12-6-4-3-5-7-12/h3-7,13-14H,2,8-11,16H2,1H3/t13-,14-/m1/s1. The van der Waals surface area contributed by atoms with Crippen molar-refractivity contribution in [2.45, 2.75) is 38.1 Å². The van der Waals surface area contributed by atoms with Crippen LogP contribution in [0, 0.1) is 0 Å². The molecule has 3 heteroatoms. The summed E-state index contributed by atoms with van der Waals surface area (Å²) in [5, 5.41) is 0. The molecule has 1 saturated heterocycles. The van der Waals surface area contributed by atoms with Crippen LogP contribution in [0.4, 0.5) is 0 Å². The van der Waals surface area contributed by atoms with E-state index >= 15 is 0 Å². The fourth-order valence-electron chi connectivity index (χ4n) is 2.65. The molecule has 1 aliphatic heterocycles. The topological polar surface area (TPSA) is 46.3 Å². The minimum Gasteiger partial charge on any atom is -0.341 e. The summed E-state index contributed by atoms with van der Waals surface area (Å²) in [6.07, 6.45) is 2.77. The second kappa shape index (κ2) is 6.01. The van der Waals surface area contributed by atoms with Gasteiger partial charge in [0.25, 0.3) is 0 Å². The first-order valence-corrected chi connectivity index (χ1v) is 6.81. The Labute approximate surface area is 109 Å². The number of amides is 1. The molecule has 1 heterocycles. The number of rotatable bonds is 3. The van der Waals surface area contributed by atoms with Gasteiger partial charge in [0.1, 0.15) is 0 Å². The van der Waals surface area contributed by atoms with Gasteiger partial charge in [-0.05, 0) is 24.8 Å². The number of nitrogens with two attached hydrogens (primary N) is 1. The highest BCUT2D eigenvalue weighted by molar-refractivity contribution is 5.82. The van der Waals surface area contributed by atoms with Crippen molar-refractivity contribution in [1.29, 1.82) is 0 Å². The van der Waals surface area contributed by atoms with E-state index in [1.807, 2.05) is 11.0 Å². The van der Waals surface area contributed by atoms with Gasteiger partial charge in [-0.1, -0.05) is 37.3 Å². The Morgan fingerprint density at radius 1 is 1.28 bits per heavy atom. The normalized spacial score (nSPS) is 25.0. The van der Waals surface area contributed by atoms with Crippen molar-refractivity contribution in [3.8, 4) is 0 Å². The first-order chi connectivity index (χ1) is 8.72. The summed E-state index contributed by atoms with van der Waals surface area (Å²) >= 11 is 0. The molecule has 0 radical (unpaired) electrons. The minimum absolute atomic E-state index is 0.121. The van der Waals surface area contributed by atoms with Gasteiger partial charge < -0.3 is 10.6 Å². The molecule has 0 saturated carbocycles. The number of nitrogens with zero attached hydrogens (tertiary/aromatic N) is 1. The minimum atomic E-state index is -0.315. The highest BCUT2D eigenvalue weighted by Crippen LogP contribution is 2.26. The molecule has 0 spiro atoms. The third-order valence-electron chi connectivity index (χ3n) is 3.66. The second-order valence-electron chi connectivity index (χ2n) is 5.08. The molecule has 2 rings (SSSR count). The first kappa shape index (κ1) is 13.1. The number of likely N-dealkylation sites (tertiary alicyclic amines) is 1. The average molecular weight is 246 g/mol. The van der Waals surface area contributed by atoms with E-state index in [4.69, 9.17) is 5.73 Å². The van der Waals surface area contributed by atoms with Crippen molar-refractivity contribution in [3.63, 3.8) is 0 Å². The van der Waals surface area contributed by atoms with Gasteiger partial charge in [-0.3, -0.25) is 4.79 Å². The van der Waals surface area contributed by atoms with Crippen molar-refractivity contribution in [1.82, 2.24) is 4.90 Å². The Bertz CT molecular complexity index is 391. The Morgan fingerprint density at radius 3 is 2.67 bits per heavy atom. The van der Waals surface area contributed by atoms with E-state index in [-0.39, 0.29) is 11.9 Å². The molecule has 18 heavy (non-hydrogen) atoms. The zero-order chi connectivity index (χ0) is 13.0. The quantitative estimate of drug-likeness (QED) is 0.888. The molecule has 3 nitrogen and oxygen atoms in total. The molecular formula is C15H22N2O. The second-order valence-corrected chi connectivity index (χ2v) is 5.08. The number of benzene rings is 1. The molecule has 1 fully saturated rings. The van der Waals surface area contributed by atoms with Crippen LogP contribution in [0.3, 0.4) is 0 Å². The zero-order valence-electron chi connectivity index (χ0n) is 11.0. The van der Waals surface area contributed by atoms with Crippen LogP contribution >= 0.6 is 0 Å². The van der Waals surface area contributed by atoms with E-state index in [2.05, 4.69) is 31.2 Å². The van der Waals surface area contributed by atoms with E-state index < -0.39 is 0 Å². The van der Waals surface area contributed by atoms with Crippen molar-refractivity contribution < 1.29 is 4.79 Å². The zero-order valence-corrected chi connectivity index (χ0v) is 11.0. The number of carbonyl (C=O) groups excluding carboxylic acids is 1. The van der Waals surface area contributed by atoms with Gasteiger partial charge in [0.05, 0.1) is 6.04 Å². The largest absolute Gasteiger partial charge is 0.341 e. The number of hydrogen-bond acceptors (Lipinski definition) is 2. The predicted octanol–water partition coefficient (Wildman–Crippen LogP) is 2.13. The summed E-state index contributed by atoms with van der Waals surface area (Å²) in [5.41, 5.74) is 7.27. The maximum absolute atomic E-state index is 12.1. The molecule has 0 aromatic heterocycles. The van der Waals surface area contributed by atoms with Gasteiger partial charge in [-0.25, -0.2) is 0 Å². The Hall–Kier alpha value is -1.35. The highest BCUT2D eigenvalue weighted by atomic mass is 16.2. The van der Waals surface area contributed by atoms with E-state index in [1.54, 1.807) is 0 Å². The van der Waals surface area contributed by atoms with Gasteiger partial charge in [-0.2, -0.15) is 0 Å². The van der Waals surface area contributed by atoms with Crippen molar-refractivity contribution in [3.05, 3.63) is 35.9 Å². The molecule has 1 aromatic carbocycles. The highest BCUT2D eigenvalue weighted by Gasteiger charge is 2.28. The lowest BCUT2D eigenvalue weighted by molar-refractivity contribution is -0.132. The average Bonchev–Trinajstić information content (AvgIpc) is 2.54. The molecule has 2 N–H and O–H groups in total. The van der Waals surface area contributed by atoms with E-state index in [1.165, 1.54) is 5.56 Å². The van der Waals surface area contributed by atoms with Crippen molar-refractivity contribution >= 4 is 5.91 Å². The lowest BCUT2D eigenvalue weighted by Gasteiger charge is -2.25. The summed E-state index contributed by atoms with van der Waals surface area (Å²) < 4.78 is 0. The summed E-state index contributed by atoms with van der Waals surface area (Å²) in [7, 11) is 0. The van der Waals surface area contributed by atoms with Gasteiger partial charge in [0, 0.05) is 19.0 Å². The van der Waals surface area contributed by atoms with Crippen molar-refractivity contribution in [2.24, 2.45) is 5.73 Å². The summed E-state index contributed by atoms with van der Waals surface area (Å²) in [6.45, 7) is 3.72. The lowest BCUT2D eigenvalue weighted by Crippen LogP contribution is -2.43. The maximum atomic E-state index is 12.1. The Balaban J connectivity index is 2.16. The fraction of sp³-hybridized carbons (Fsp3) is 0.533. The summed E-state index contributed by atoms with van der Waals surface area (Å²) in [5.74, 6) is 0.547. The van der Waals surface area contributed by atoms with Crippen LogP contribution in [0.5, 0.6) is 0 Å². The summed E-state index contributed by atoms with van der Waals surface area (Å²) in [6, 6.07) is 10.1. The third-order valence-corrected chi connectivity index (χ3v) is 3.66. The van der Waals surface area contributed by atoms with E-state index in [9.17, 15) is 4.79 Å². The summed E-state index contributed by atoms with van der Waals surface area (Å²) in [4.78, 5) is 14.1. The van der Waals surface area contributed by atoms with Crippen LogP contribution in [-0.4, -0.2) is 29.9 Å². The van der Waals surface area contributed by atoms with Crippen LogP contribution in [0.2, 0.25) is 0 Å². The van der Waals surface area contributed by atoms with Crippen LogP contribution < -0.4 is 5.73 Å². The molecular weight excluding hydrogens is 224 g/mol. The van der Waals surface area contributed by atoms with Crippen molar-refractivity contribution in [2.75, 3.05) is 13.1 Å². The van der Waals surface area contributed by atoms with Gasteiger partial charge >= 0.3 is 0 Å². The SMILES string of the molecule is CCCN1C[C@H](c2ccccc2)CC[C@@H](N)C1=O. The molecule has 0 bridgehead atoms. The van der Waals surface area contributed by atoms with Gasteiger partial charge in [0.15, 0.2) is 0 Å². The predicted molar refractivity (Wildman–Crippen MR) is 73.3 cm³/mol. The molecule has 1 aliphatic rings. The monoisotopic (exact) mass is 246 g/mol. The number of carbonyl (C=O) groups is 1. The van der Waals surface area contributed by atoms with Gasteiger partial charge in [0.2, 0.25) is 5.91 Å². The van der Waals surface area contributed by atoms with Crippen LogP contribution in [-0.2, 0) is 4.79 Å². The third kappa shape index (κ3) is 2.91. The maximum Gasteiger partial charge on any atom is 0.239 e. The van der Waals surface area contributed by atoms with Gasteiger partial charge in [-0.15, -0.1) is 0 Å².